The van der Waals surface area contributed by atoms with Gasteiger partial charge in [-0.15, -0.1) is 11.3 Å². The summed E-state index contributed by atoms with van der Waals surface area (Å²) in [6, 6.07) is -0.989. The molecule has 0 saturated carbocycles. The first-order chi connectivity index (χ1) is 18.5. The van der Waals surface area contributed by atoms with Crippen LogP contribution in [0.15, 0.2) is 12.3 Å². The Morgan fingerprint density at radius 1 is 1.07 bits per heavy atom. The molecule has 0 radical (unpaired) electrons. The zero-order chi connectivity index (χ0) is 31.3. The monoisotopic (exact) mass is 622 g/mol. The first-order valence-corrected chi connectivity index (χ1v) is 12.6. The number of aromatic nitrogens is 2. The largest absolute Gasteiger partial charge is 0.432 e. The average Bonchev–Trinajstić information content (AvgIpc) is 3.45. The highest BCUT2D eigenvalue weighted by Crippen LogP contribution is 2.51. The first kappa shape index (κ1) is 32.5. The zero-order valence-electron chi connectivity index (χ0n) is 21.4. The minimum atomic E-state index is -6.51. The number of rotatable bonds is 6. The number of carbonyl (C=O) groups excluding carboxylic acids is 2. The van der Waals surface area contributed by atoms with E-state index in [2.05, 4.69) is 15.3 Å². The highest BCUT2D eigenvalue weighted by molar-refractivity contribution is 7.17. The molecule has 1 unspecified atom stereocenters. The normalized spacial score (nSPS) is 17.2. The number of thiazole rings is 1. The minimum absolute atomic E-state index is 0.0107. The van der Waals surface area contributed by atoms with Gasteiger partial charge in [-0.3, -0.25) is 14.6 Å². The molecule has 8 nitrogen and oxygen atoms in total. The van der Waals surface area contributed by atoms with Crippen molar-refractivity contribution in [3.63, 3.8) is 0 Å². The molecule has 0 aromatic carbocycles. The lowest BCUT2D eigenvalue weighted by atomic mass is 9.94. The van der Waals surface area contributed by atoms with Gasteiger partial charge in [-0.2, -0.15) is 39.5 Å². The third-order valence-corrected chi connectivity index (χ3v) is 7.25. The van der Waals surface area contributed by atoms with E-state index in [1.54, 1.807) is 6.92 Å². The molecule has 0 aliphatic carbocycles. The SMILES string of the molecule is CC1CCCN1C(=O)c1nc(C(=O)NCC(C)(C)O)sc1-c1cnc(C(O)(C(F)(F)F)C(F)(F)F)cc1C(F)(F)F. The maximum Gasteiger partial charge on any atom is 0.432 e. The van der Waals surface area contributed by atoms with E-state index >= 15 is 0 Å². The Kier molecular flexibility index (Phi) is 8.48. The van der Waals surface area contributed by atoms with Gasteiger partial charge in [0.1, 0.15) is 5.69 Å². The third kappa shape index (κ3) is 6.43. The molecule has 2 aromatic rings. The minimum Gasteiger partial charge on any atom is -0.389 e. The third-order valence-electron chi connectivity index (χ3n) is 6.16. The molecular weight excluding hydrogens is 599 g/mol. The van der Waals surface area contributed by atoms with E-state index in [4.69, 9.17) is 0 Å². The molecular formula is C23H23F9N4O4S. The predicted molar refractivity (Wildman–Crippen MR) is 125 cm³/mol. The predicted octanol–water partition coefficient (Wildman–Crippen LogP) is 4.66. The van der Waals surface area contributed by atoms with Crippen LogP contribution in [-0.2, 0) is 11.8 Å². The summed E-state index contributed by atoms with van der Waals surface area (Å²) < 4.78 is 122. The number of aliphatic hydroxyl groups is 2. The van der Waals surface area contributed by atoms with Crippen LogP contribution in [0.1, 0.15) is 65.2 Å². The highest BCUT2D eigenvalue weighted by atomic mass is 32.1. The fourth-order valence-corrected chi connectivity index (χ4v) is 5.01. The maximum atomic E-state index is 14.1. The lowest BCUT2D eigenvalue weighted by Gasteiger charge is -2.32. The van der Waals surface area contributed by atoms with Gasteiger partial charge in [-0.05, 0) is 39.7 Å². The van der Waals surface area contributed by atoms with Crippen LogP contribution in [0.25, 0.3) is 10.4 Å². The number of carbonyl (C=O) groups is 2. The summed E-state index contributed by atoms with van der Waals surface area (Å²) in [5.74, 6) is -1.95. The van der Waals surface area contributed by atoms with E-state index in [9.17, 15) is 59.3 Å². The quantitative estimate of drug-likeness (QED) is 0.404. The Labute approximate surface area is 230 Å². The molecule has 18 heteroatoms. The van der Waals surface area contributed by atoms with E-state index in [1.807, 2.05) is 0 Å². The van der Waals surface area contributed by atoms with Crippen molar-refractivity contribution in [2.75, 3.05) is 13.1 Å². The van der Waals surface area contributed by atoms with E-state index < -0.39 is 80.0 Å². The number of hydrogen-bond acceptors (Lipinski definition) is 7. The molecule has 2 amide bonds. The van der Waals surface area contributed by atoms with Gasteiger partial charge >= 0.3 is 18.5 Å². The molecule has 3 heterocycles. The molecule has 0 spiro atoms. The number of halogens is 9. The van der Waals surface area contributed by atoms with E-state index in [-0.39, 0.29) is 36.7 Å². The van der Waals surface area contributed by atoms with Gasteiger partial charge in [0.05, 0.1) is 21.7 Å². The summed E-state index contributed by atoms with van der Waals surface area (Å²) in [4.78, 5) is 33.3. The first-order valence-electron chi connectivity index (χ1n) is 11.8. The van der Waals surface area contributed by atoms with Gasteiger partial charge in [0.15, 0.2) is 5.01 Å². The van der Waals surface area contributed by atoms with Crippen molar-refractivity contribution >= 4 is 23.2 Å². The lowest BCUT2D eigenvalue weighted by molar-refractivity contribution is -0.377. The Morgan fingerprint density at radius 3 is 2.12 bits per heavy atom. The Bertz CT molecular complexity index is 1300. The molecule has 3 rings (SSSR count). The van der Waals surface area contributed by atoms with Crippen molar-refractivity contribution in [2.45, 2.75) is 69.4 Å². The Balaban J connectivity index is 2.27. The molecule has 3 N–H and O–H groups in total. The van der Waals surface area contributed by atoms with Gasteiger partial charge < -0.3 is 20.4 Å². The smallest absolute Gasteiger partial charge is 0.389 e. The Morgan fingerprint density at radius 2 is 1.66 bits per heavy atom. The number of pyridine rings is 1. The van der Waals surface area contributed by atoms with Gasteiger partial charge in [0, 0.05) is 30.9 Å². The maximum absolute atomic E-state index is 14.1. The zero-order valence-corrected chi connectivity index (χ0v) is 22.2. The summed E-state index contributed by atoms with van der Waals surface area (Å²) in [6.07, 6.45) is -17.6. The van der Waals surface area contributed by atoms with Crippen LogP contribution < -0.4 is 5.32 Å². The molecule has 2 aromatic heterocycles. The number of hydrogen-bond donors (Lipinski definition) is 3. The van der Waals surface area contributed by atoms with Crippen molar-refractivity contribution in [1.29, 1.82) is 0 Å². The molecule has 41 heavy (non-hydrogen) atoms. The highest BCUT2D eigenvalue weighted by Gasteiger charge is 2.72. The van der Waals surface area contributed by atoms with Crippen molar-refractivity contribution in [3.8, 4) is 10.4 Å². The lowest BCUT2D eigenvalue weighted by Crippen LogP contribution is -2.54. The van der Waals surface area contributed by atoms with Crippen LogP contribution in [-0.4, -0.2) is 74.0 Å². The van der Waals surface area contributed by atoms with Gasteiger partial charge in [-0.25, -0.2) is 4.98 Å². The second-order valence-corrected chi connectivity index (χ2v) is 11.0. The summed E-state index contributed by atoms with van der Waals surface area (Å²) in [5, 5.41) is 21.1. The average molecular weight is 623 g/mol. The van der Waals surface area contributed by atoms with Crippen LogP contribution >= 0.6 is 11.3 Å². The summed E-state index contributed by atoms with van der Waals surface area (Å²) >= 11 is 0.215. The van der Waals surface area contributed by atoms with Crippen LogP contribution in [0, 0.1) is 0 Å². The fraction of sp³-hybridized carbons (Fsp3) is 0.565. The van der Waals surface area contributed by atoms with Crippen LogP contribution in [0.5, 0.6) is 0 Å². The number of amides is 2. The second-order valence-electron chi connectivity index (χ2n) is 10.0. The van der Waals surface area contributed by atoms with E-state index in [1.165, 1.54) is 18.7 Å². The van der Waals surface area contributed by atoms with Gasteiger partial charge in [-0.1, -0.05) is 0 Å². The molecule has 1 aliphatic rings. The van der Waals surface area contributed by atoms with Gasteiger partial charge in [0.2, 0.25) is 0 Å². The number of alkyl halides is 9. The summed E-state index contributed by atoms with van der Waals surface area (Å²) in [6.45, 7) is 4.13. The number of nitrogens with one attached hydrogen (secondary N) is 1. The standard InChI is InChI=1S/C23H23F9N4O4S/c1-10-5-4-6-36(10)18(38)14-15(41-17(35-14)16(37)34-9-19(2,3)39)11-8-33-13(7-12(11)21(24,25)26)20(40,22(27,28)29)23(30,31)32/h7-8,10,39-40H,4-6,9H2,1-3H3,(H,34,37). The van der Waals surface area contributed by atoms with Crippen LogP contribution in [0.3, 0.4) is 0 Å². The van der Waals surface area contributed by atoms with Gasteiger partial charge in [0.25, 0.3) is 17.4 Å². The van der Waals surface area contributed by atoms with Crippen LogP contribution in [0.2, 0.25) is 0 Å². The van der Waals surface area contributed by atoms with Crippen molar-refractivity contribution in [1.82, 2.24) is 20.2 Å². The topological polar surface area (TPSA) is 116 Å². The van der Waals surface area contributed by atoms with Crippen molar-refractivity contribution < 1.29 is 59.3 Å². The van der Waals surface area contributed by atoms with E-state index in [0.29, 0.717) is 12.8 Å². The fourth-order valence-electron chi connectivity index (χ4n) is 4.01. The number of nitrogens with zero attached hydrogens (tertiary/aromatic N) is 3. The molecule has 1 saturated heterocycles. The van der Waals surface area contributed by atoms with E-state index in [0.717, 1.165) is 0 Å². The number of likely N-dealkylation sites (tertiary alicyclic amines) is 1. The molecule has 1 atom stereocenters. The molecule has 1 fully saturated rings. The second kappa shape index (κ2) is 10.7. The van der Waals surface area contributed by atoms with Crippen molar-refractivity contribution in [3.05, 3.63) is 34.2 Å². The van der Waals surface area contributed by atoms with Crippen molar-refractivity contribution in [2.24, 2.45) is 0 Å². The molecule has 1 aliphatic heterocycles. The summed E-state index contributed by atoms with van der Waals surface area (Å²) in [7, 11) is 0. The van der Waals surface area contributed by atoms with Crippen LogP contribution in [0.4, 0.5) is 39.5 Å². The Hall–Kier alpha value is -2.99. The molecule has 228 valence electrons. The summed E-state index contributed by atoms with van der Waals surface area (Å²) in [5.41, 5.74) is -13.5. The molecule has 0 bridgehead atoms.